The molecule has 0 atom stereocenters. The van der Waals surface area contributed by atoms with Gasteiger partial charge in [0.15, 0.2) is 0 Å². The van der Waals surface area contributed by atoms with Crippen molar-refractivity contribution in [1.82, 2.24) is 4.98 Å². The van der Waals surface area contributed by atoms with E-state index in [1.54, 1.807) is 6.92 Å². The van der Waals surface area contributed by atoms with Gasteiger partial charge in [-0.3, -0.25) is 0 Å². The van der Waals surface area contributed by atoms with Crippen LogP contribution in [0.2, 0.25) is 5.15 Å². The van der Waals surface area contributed by atoms with E-state index in [-0.39, 0.29) is 10.7 Å². The quantitative estimate of drug-likeness (QED) is 0.343. The van der Waals surface area contributed by atoms with Gasteiger partial charge in [0, 0.05) is 0 Å². The summed E-state index contributed by atoms with van der Waals surface area (Å²) in [5.41, 5.74) is 2.55. The highest BCUT2D eigenvalue weighted by atomic mass is 35.5. The van der Waals surface area contributed by atoms with Crippen LogP contribution in [0.1, 0.15) is 17.3 Å². The number of hydrogen-bond donors (Lipinski definition) is 2. The van der Waals surface area contributed by atoms with Gasteiger partial charge in [-0.2, -0.15) is 0 Å². The lowest BCUT2D eigenvalue weighted by Gasteiger charge is -2.04. The molecule has 0 aromatic carbocycles. The minimum atomic E-state index is -0.492. The number of hydrazine groups is 1. The van der Waals surface area contributed by atoms with Crippen molar-refractivity contribution in [3.05, 3.63) is 22.8 Å². The third-order valence-corrected chi connectivity index (χ3v) is 1.78. The molecule has 0 bridgehead atoms. The van der Waals surface area contributed by atoms with Gasteiger partial charge in [0.1, 0.15) is 11.0 Å². The number of hydrogen-bond acceptors (Lipinski definition) is 5. The average molecular weight is 216 g/mol. The van der Waals surface area contributed by atoms with Crippen LogP contribution in [0, 0.1) is 0 Å². The fraction of sp³-hybridized carbons (Fsp3) is 0.250. The Morgan fingerprint density at radius 2 is 2.43 bits per heavy atom. The Bertz CT molecular complexity index is 343. The summed E-state index contributed by atoms with van der Waals surface area (Å²) in [5.74, 6) is 5.02. The standard InChI is InChI=1S/C8H10ClN3O2/c1-2-14-8(13)5-3-4-6(12-10)11-7(5)9/h3-4H,2,10H2,1H3,(H,11,12). The number of carbonyl (C=O) groups excluding carboxylic acids is 1. The summed E-state index contributed by atoms with van der Waals surface area (Å²) in [6.07, 6.45) is 0. The highest BCUT2D eigenvalue weighted by molar-refractivity contribution is 6.32. The van der Waals surface area contributed by atoms with E-state index in [0.29, 0.717) is 12.4 Å². The number of halogens is 1. The van der Waals surface area contributed by atoms with E-state index in [0.717, 1.165) is 0 Å². The van der Waals surface area contributed by atoms with E-state index < -0.39 is 5.97 Å². The van der Waals surface area contributed by atoms with Crippen molar-refractivity contribution >= 4 is 23.4 Å². The molecule has 0 aliphatic carbocycles. The second kappa shape index (κ2) is 4.78. The molecule has 0 unspecified atom stereocenters. The highest BCUT2D eigenvalue weighted by Gasteiger charge is 2.12. The van der Waals surface area contributed by atoms with Crippen molar-refractivity contribution in [1.29, 1.82) is 0 Å². The van der Waals surface area contributed by atoms with Gasteiger partial charge in [-0.1, -0.05) is 11.6 Å². The minimum Gasteiger partial charge on any atom is -0.462 e. The number of nitrogens with one attached hydrogen (secondary N) is 1. The van der Waals surface area contributed by atoms with Crippen LogP contribution in [-0.4, -0.2) is 17.6 Å². The number of nitrogens with two attached hydrogens (primary N) is 1. The van der Waals surface area contributed by atoms with Crippen LogP contribution in [0.5, 0.6) is 0 Å². The maximum absolute atomic E-state index is 11.3. The third-order valence-electron chi connectivity index (χ3n) is 1.49. The van der Waals surface area contributed by atoms with Gasteiger partial charge in [-0.25, -0.2) is 15.6 Å². The van der Waals surface area contributed by atoms with Gasteiger partial charge < -0.3 is 10.2 Å². The molecule has 1 aromatic rings. The molecular weight excluding hydrogens is 206 g/mol. The Morgan fingerprint density at radius 3 is 2.93 bits per heavy atom. The zero-order valence-corrected chi connectivity index (χ0v) is 8.34. The lowest BCUT2D eigenvalue weighted by molar-refractivity contribution is 0.0526. The predicted octanol–water partition coefficient (Wildman–Crippen LogP) is 1.20. The molecule has 1 rings (SSSR count). The summed E-state index contributed by atoms with van der Waals surface area (Å²) in [5, 5.41) is 0.0684. The number of carbonyl (C=O) groups is 1. The molecule has 0 spiro atoms. The molecule has 1 heterocycles. The third kappa shape index (κ3) is 2.34. The van der Waals surface area contributed by atoms with Crippen molar-refractivity contribution in [2.24, 2.45) is 5.84 Å². The topological polar surface area (TPSA) is 77.2 Å². The van der Waals surface area contributed by atoms with Crippen LogP contribution in [0.15, 0.2) is 12.1 Å². The Kier molecular flexibility index (Phi) is 3.67. The van der Waals surface area contributed by atoms with Gasteiger partial charge >= 0.3 is 5.97 Å². The summed E-state index contributed by atoms with van der Waals surface area (Å²) in [6.45, 7) is 2.01. The first-order chi connectivity index (χ1) is 6.69. The Hall–Kier alpha value is -1.33. The van der Waals surface area contributed by atoms with Crippen LogP contribution < -0.4 is 11.3 Å². The highest BCUT2D eigenvalue weighted by Crippen LogP contribution is 2.16. The van der Waals surface area contributed by atoms with E-state index in [1.807, 2.05) is 0 Å². The molecule has 0 fully saturated rings. The van der Waals surface area contributed by atoms with Gasteiger partial charge in [0.05, 0.1) is 12.2 Å². The lowest BCUT2D eigenvalue weighted by Crippen LogP contribution is -2.11. The van der Waals surface area contributed by atoms with Gasteiger partial charge in [0.25, 0.3) is 0 Å². The molecular formula is C8H10ClN3O2. The smallest absolute Gasteiger partial charge is 0.341 e. The Labute approximate surface area is 86.2 Å². The molecule has 0 radical (unpaired) electrons. The van der Waals surface area contributed by atoms with E-state index in [2.05, 4.69) is 10.4 Å². The monoisotopic (exact) mass is 215 g/mol. The van der Waals surface area contributed by atoms with Crippen LogP contribution in [0.4, 0.5) is 5.82 Å². The number of aromatic nitrogens is 1. The molecule has 14 heavy (non-hydrogen) atoms. The average Bonchev–Trinajstić information content (AvgIpc) is 2.17. The van der Waals surface area contributed by atoms with E-state index in [1.165, 1.54) is 12.1 Å². The summed E-state index contributed by atoms with van der Waals surface area (Å²) >= 11 is 5.73. The van der Waals surface area contributed by atoms with Crippen LogP contribution in [0.25, 0.3) is 0 Å². The maximum Gasteiger partial charge on any atom is 0.341 e. The van der Waals surface area contributed by atoms with Gasteiger partial charge in [-0.05, 0) is 19.1 Å². The summed E-state index contributed by atoms with van der Waals surface area (Å²) in [6, 6.07) is 3.04. The second-order valence-corrected chi connectivity index (χ2v) is 2.76. The minimum absolute atomic E-state index is 0.0684. The molecule has 5 nitrogen and oxygen atoms in total. The summed E-state index contributed by atoms with van der Waals surface area (Å²) in [7, 11) is 0. The molecule has 0 saturated carbocycles. The number of rotatable bonds is 3. The van der Waals surface area contributed by atoms with E-state index in [4.69, 9.17) is 22.2 Å². The Morgan fingerprint density at radius 1 is 1.71 bits per heavy atom. The number of anilines is 1. The van der Waals surface area contributed by atoms with Crippen molar-refractivity contribution in [3.63, 3.8) is 0 Å². The van der Waals surface area contributed by atoms with E-state index in [9.17, 15) is 4.79 Å². The largest absolute Gasteiger partial charge is 0.462 e. The first-order valence-corrected chi connectivity index (χ1v) is 4.37. The molecule has 0 saturated heterocycles. The second-order valence-electron chi connectivity index (χ2n) is 2.40. The molecule has 0 aliphatic rings. The molecule has 0 aliphatic heterocycles. The van der Waals surface area contributed by atoms with Crippen molar-refractivity contribution < 1.29 is 9.53 Å². The lowest BCUT2D eigenvalue weighted by atomic mass is 10.3. The predicted molar refractivity (Wildman–Crippen MR) is 53.0 cm³/mol. The summed E-state index contributed by atoms with van der Waals surface area (Å²) < 4.78 is 4.77. The molecule has 6 heteroatoms. The number of esters is 1. The van der Waals surface area contributed by atoms with Gasteiger partial charge in [0.2, 0.25) is 0 Å². The van der Waals surface area contributed by atoms with Crippen LogP contribution in [-0.2, 0) is 4.74 Å². The van der Waals surface area contributed by atoms with E-state index >= 15 is 0 Å². The number of nitrogens with zero attached hydrogens (tertiary/aromatic N) is 1. The zero-order chi connectivity index (χ0) is 10.6. The zero-order valence-electron chi connectivity index (χ0n) is 7.58. The normalized spacial score (nSPS) is 9.64. The number of pyridine rings is 1. The van der Waals surface area contributed by atoms with Crippen LogP contribution >= 0.6 is 11.6 Å². The Balaban J connectivity index is 2.94. The summed E-state index contributed by atoms with van der Waals surface area (Å²) in [4.78, 5) is 15.1. The number of ether oxygens (including phenoxy) is 1. The van der Waals surface area contributed by atoms with Crippen molar-refractivity contribution in [3.8, 4) is 0 Å². The first-order valence-electron chi connectivity index (χ1n) is 3.99. The molecule has 0 amide bonds. The first kappa shape index (κ1) is 10.7. The molecule has 3 N–H and O–H groups in total. The fourth-order valence-corrected chi connectivity index (χ4v) is 1.11. The number of nitrogen functional groups attached to an aromatic ring is 1. The van der Waals surface area contributed by atoms with Crippen molar-refractivity contribution in [2.75, 3.05) is 12.0 Å². The molecule has 1 aromatic heterocycles. The van der Waals surface area contributed by atoms with Gasteiger partial charge in [-0.15, -0.1) is 0 Å². The SMILES string of the molecule is CCOC(=O)c1ccc(NN)nc1Cl. The maximum atomic E-state index is 11.3. The van der Waals surface area contributed by atoms with Crippen molar-refractivity contribution in [2.45, 2.75) is 6.92 Å². The van der Waals surface area contributed by atoms with Crippen LogP contribution in [0.3, 0.4) is 0 Å². The molecule has 76 valence electrons. The fourth-order valence-electron chi connectivity index (χ4n) is 0.876.